The van der Waals surface area contributed by atoms with Crippen molar-refractivity contribution in [3.05, 3.63) is 58.6 Å². The van der Waals surface area contributed by atoms with Crippen LogP contribution in [-0.2, 0) is 10.0 Å². The minimum atomic E-state index is -3.75. The first-order chi connectivity index (χ1) is 13.3. The zero-order valence-electron chi connectivity index (χ0n) is 15.4. The molecule has 0 heterocycles. The molecule has 6 nitrogen and oxygen atoms in total. The highest BCUT2D eigenvalue weighted by atomic mass is 35.5. The van der Waals surface area contributed by atoms with E-state index in [1.54, 1.807) is 18.2 Å². The summed E-state index contributed by atoms with van der Waals surface area (Å²) in [5.74, 6) is 2.58. The molecular weight excluding hydrogens is 400 g/mol. The van der Waals surface area contributed by atoms with Crippen LogP contribution in [0, 0.1) is 19.3 Å². The number of amides is 1. The fraction of sp³-hybridized carbons (Fsp3) is 0.250. The number of hydrogen-bond acceptors (Lipinski definition) is 4. The third kappa shape index (κ3) is 6.27. The summed E-state index contributed by atoms with van der Waals surface area (Å²) in [7, 11) is -3.75. The van der Waals surface area contributed by atoms with Gasteiger partial charge < -0.3 is 10.1 Å². The van der Waals surface area contributed by atoms with E-state index in [2.05, 4.69) is 16.0 Å². The second kappa shape index (κ2) is 10.1. The predicted octanol–water partition coefficient (Wildman–Crippen LogP) is 2.76. The number of hydrogen-bond donors (Lipinski definition) is 2. The lowest BCUT2D eigenvalue weighted by Gasteiger charge is -2.10. The van der Waals surface area contributed by atoms with Gasteiger partial charge >= 0.3 is 0 Å². The lowest BCUT2D eigenvalue weighted by molar-refractivity contribution is 0.0951. The number of sulfonamides is 1. The Morgan fingerprint density at radius 3 is 2.75 bits per heavy atom. The van der Waals surface area contributed by atoms with Gasteiger partial charge in [-0.3, -0.25) is 4.79 Å². The Balaban J connectivity index is 1.85. The number of halogens is 1. The van der Waals surface area contributed by atoms with E-state index < -0.39 is 10.0 Å². The number of ether oxygens (including phenoxy) is 1. The van der Waals surface area contributed by atoms with Crippen molar-refractivity contribution in [3.63, 3.8) is 0 Å². The molecule has 0 aliphatic heterocycles. The molecular formula is C20H21ClN2O4S. The molecule has 0 aliphatic rings. The maximum Gasteiger partial charge on any atom is 0.251 e. The summed E-state index contributed by atoms with van der Waals surface area (Å²) in [6.45, 7) is 2.60. The van der Waals surface area contributed by atoms with Crippen LogP contribution in [0.15, 0.2) is 47.4 Å². The van der Waals surface area contributed by atoms with Crippen LogP contribution in [0.1, 0.15) is 22.3 Å². The predicted molar refractivity (Wildman–Crippen MR) is 109 cm³/mol. The van der Waals surface area contributed by atoms with E-state index in [1.807, 2.05) is 13.0 Å². The molecule has 2 N–H and O–H groups in total. The first-order valence-corrected chi connectivity index (χ1v) is 10.4. The summed E-state index contributed by atoms with van der Waals surface area (Å²) in [6.07, 6.45) is 5.66. The Morgan fingerprint density at radius 2 is 2.04 bits per heavy atom. The van der Waals surface area contributed by atoms with Crippen LogP contribution in [0.2, 0.25) is 5.02 Å². The molecule has 0 radical (unpaired) electrons. The molecule has 0 saturated heterocycles. The largest absolute Gasteiger partial charge is 0.493 e. The van der Waals surface area contributed by atoms with Gasteiger partial charge in [0.25, 0.3) is 5.91 Å². The van der Waals surface area contributed by atoms with Gasteiger partial charge in [-0.15, -0.1) is 6.42 Å². The van der Waals surface area contributed by atoms with Gasteiger partial charge in [-0.1, -0.05) is 23.6 Å². The van der Waals surface area contributed by atoms with E-state index in [0.717, 1.165) is 11.3 Å². The van der Waals surface area contributed by atoms with E-state index in [9.17, 15) is 13.2 Å². The van der Waals surface area contributed by atoms with Crippen LogP contribution in [0.5, 0.6) is 5.75 Å². The van der Waals surface area contributed by atoms with Crippen molar-refractivity contribution in [2.75, 3.05) is 19.7 Å². The standard InChI is InChI=1S/C20H21ClN2O4S/c1-3-10-23-28(25,26)18-7-4-6-16(14-18)20(24)22-11-5-12-27-19-9-8-17(21)13-15(19)2/h1,4,6-9,13-14,23H,5,10-12H2,2H3,(H,22,24). The average Bonchev–Trinajstić information content (AvgIpc) is 2.67. The molecule has 0 unspecified atom stereocenters. The number of rotatable bonds is 9. The maximum atomic E-state index is 12.2. The van der Waals surface area contributed by atoms with Crippen molar-refractivity contribution in [3.8, 4) is 18.1 Å². The third-order valence-corrected chi connectivity index (χ3v) is 5.41. The quantitative estimate of drug-likeness (QED) is 0.482. The second-order valence-electron chi connectivity index (χ2n) is 5.92. The molecule has 2 aromatic rings. The van der Waals surface area contributed by atoms with E-state index in [1.165, 1.54) is 18.2 Å². The molecule has 0 spiro atoms. The summed E-state index contributed by atoms with van der Waals surface area (Å²) in [6, 6.07) is 11.1. The molecule has 0 atom stereocenters. The molecule has 1 amide bonds. The van der Waals surface area contributed by atoms with Gasteiger partial charge in [0.2, 0.25) is 10.0 Å². The molecule has 0 aromatic heterocycles. The van der Waals surface area contributed by atoms with Gasteiger partial charge in [0.15, 0.2) is 0 Å². The Bertz CT molecular complexity index is 984. The molecule has 0 bridgehead atoms. The Labute approximate surface area is 170 Å². The Kier molecular flexibility index (Phi) is 7.88. The molecule has 8 heteroatoms. The monoisotopic (exact) mass is 420 g/mol. The van der Waals surface area contributed by atoms with Crippen LogP contribution in [0.3, 0.4) is 0 Å². The van der Waals surface area contributed by atoms with Gasteiger partial charge in [0, 0.05) is 17.1 Å². The zero-order chi connectivity index (χ0) is 20.6. The first-order valence-electron chi connectivity index (χ1n) is 8.54. The highest BCUT2D eigenvalue weighted by Gasteiger charge is 2.15. The first kappa shape index (κ1) is 21.8. The van der Waals surface area contributed by atoms with Crippen LogP contribution in [-0.4, -0.2) is 34.0 Å². The van der Waals surface area contributed by atoms with E-state index in [-0.39, 0.29) is 22.9 Å². The SMILES string of the molecule is C#CCNS(=O)(=O)c1cccc(C(=O)NCCCOc2ccc(Cl)cc2C)c1. The van der Waals surface area contributed by atoms with Crippen LogP contribution >= 0.6 is 11.6 Å². The highest BCUT2D eigenvalue weighted by molar-refractivity contribution is 7.89. The van der Waals surface area contributed by atoms with Crippen LogP contribution in [0.4, 0.5) is 0 Å². The van der Waals surface area contributed by atoms with E-state index >= 15 is 0 Å². The Hall–Kier alpha value is -2.53. The zero-order valence-corrected chi connectivity index (χ0v) is 16.9. The van der Waals surface area contributed by atoms with Crippen molar-refractivity contribution in [2.24, 2.45) is 0 Å². The van der Waals surface area contributed by atoms with Crippen molar-refractivity contribution >= 4 is 27.5 Å². The van der Waals surface area contributed by atoms with Gasteiger partial charge in [0.1, 0.15) is 5.75 Å². The van der Waals surface area contributed by atoms with Crippen molar-refractivity contribution in [1.29, 1.82) is 0 Å². The Morgan fingerprint density at radius 1 is 1.25 bits per heavy atom. The fourth-order valence-corrected chi connectivity index (χ4v) is 3.56. The minimum Gasteiger partial charge on any atom is -0.493 e. The number of terminal acetylenes is 1. The molecule has 0 saturated carbocycles. The molecule has 28 heavy (non-hydrogen) atoms. The number of benzene rings is 2. The highest BCUT2D eigenvalue weighted by Crippen LogP contribution is 2.21. The maximum absolute atomic E-state index is 12.2. The number of carbonyl (C=O) groups excluding carboxylic acids is 1. The lowest BCUT2D eigenvalue weighted by Crippen LogP contribution is -2.27. The van der Waals surface area contributed by atoms with Gasteiger partial charge in [0.05, 0.1) is 18.0 Å². The number of aryl methyl sites for hydroxylation is 1. The molecule has 0 fully saturated rings. The van der Waals surface area contributed by atoms with Crippen molar-refractivity contribution in [1.82, 2.24) is 10.0 Å². The molecule has 0 aliphatic carbocycles. The number of carbonyl (C=O) groups is 1. The van der Waals surface area contributed by atoms with Crippen molar-refractivity contribution in [2.45, 2.75) is 18.2 Å². The summed E-state index contributed by atoms with van der Waals surface area (Å²) >= 11 is 5.90. The lowest BCUT2D eigenvalue weighted by atomic mass is 10.2. The molecule has 148 valence electrons. The summed E-state index contributed by atoms with van der Waals surface area (Å²) in [4.78, 5) is 12.2. The molecule has 2 aromatic carbocycles. The average molecular weight is 421 g/mol. The minimum absolute atomic E-state index is 0.0167. The normalized spacial score (nSPS) is 10.9. The van der Waals surface area contributed by atoms with Gasteiger partial charge in [-0.2, -0.15) is 4.72 Å². The molecule has 2 rings (SSSR count). The third-order valence-electron chi connectivity index (χ3n) is 3.77. The number of nitrogens with one attached hydrogen (secondary N) is 2. The smallest absolute Gasteiger partial charge is 0.251 e. The topological polar surface area (TPSA) is 84.5 Å². The summed E-state index contributed by atoms with van der Waals surface area (Å²) in [5, 5.41) is 3.39. The van der Waals surface area contributed by atoms with Gasteiger partial charge in [-0.25, -0.2) is 8.42 Å². The van der Waals surface area contributed by atoms with Crippen LogP contribution in [0.25, 0.3) is 0 Å². The van der Waals surface area contributed by atoms with E-state index in [4.69, 9.17) is 22.8 Å². The van der Waals surface area contributed by atoms with Crippen molar-refractivity contribution < 1.29 is 17.9 Å². The van der Waals surface area contributed by atoms with Gasteiger partial charge in [-0.05, 0) is 55.3 Å². The van der Waals surface area contributed by atoms with Crippen LogP contribution < -0.4 is 14.8 Å². The summed E-state index contributed by atoms with van der Waals surface area (Å²) < 4.78 is 32.1. The summed E-state index contributed by atoms with van der Waals surface area (Å²) in [5.41, 5.74) is 1.19. The second-order valence-corrected chi connectivity index (χ2v) is 8.13. The van der Waals surface area contributed by atoms with E-state index in [0.29, 0.717) is 24.6 Å². The fourth-order valence-electron chi connectivity index (χ4n) is 2.36.